The number of alkyl carbamates (subject to hydrolysis) is 1. The Hall–Kier alpha value is -0.750. The third-order valence-corrected chi connectivity index (χ3v) is 1.91. The molecule has 0 spiro atoms. The fraction of sp³-hybridized carbons (Fsp3) is 0.667. The summed E-state index contributed by atoms with van der Waals surface area (Å²) in [6, 6.07) is 0. The molecule has 1 aliphatic heterocycles. The van der Waals surface area contributed by atoms with Crippen molar-refractivity contribution in [1.82, 2.24) is 10.8 Å². The summed E-state index contributed by atoms with van der Waals surface area (Å²) in [5.41, 5.74) is 2.15. The van der Waals surface area contributed by atoms with Gasteiger partial charge in [-0.25, -0.2) is 4.79 Å². The van der Waals surface area contributed by atoms with Crippen LogP contribution in [0.4, 0.5) is 4.79 Å². The van der Waals surface area contributed by atoms with Crippen LogP contribution in [0, 0.1) is 0 Å². The Labute approximate surface area is 97.3 Å². The number of carbonyl (C=O) groups is 1. The van der Waals surface area contributed by atoms with E-state index in [4.69, 9.17) is 9.57 Å². The third kappa shape index (κ3) is 5.03. The van der Waals surface area contributed by atoms with Crippen molar-refractivity contribution in [2.24, 2.45) is 0 Å². The zero-order valence-electron chi connectivity index (χ0n) is 8.96. The fourth-order valence-electron chi connectivity index (χ4n) is 0.962. The van der Waals surface area contributed by atoms with E-state index in [1.165, 1.54) is 0 Å². The minimum absolute atomic E-state index is 0.174. The number of hydrogen-bond donors (Lipinski definition) is 2. The molecule has 0 saturated carbocycles. The maximum Gasteiger partial charge on any atom is 0.407 e. The molecule has 1 amide bonds. The van der Waals surface area contributed by atoms with Gasteiger partial charge in [0.05, 0.1) is 6.54 Å². The van der Waals surface area contributed by atoms with Crippen LogP contribution in [0.3, 0.4) is 0 Å². The van der Waals surface area contributed by atoms with Crippen molar-refractivity contribution < 1.29 is 14.4 Å². The lowest BCUT2D eigenvalue weighted by Crippen LogP contribution is -2.37. The van der Waals surface area contributed by atoms with Crippen molar-refractivity contribution in [3.63, 3.8) is 0 Å². The van der Waals surface area contributed by atoms with E-state index in [2.05, 4.69) is 26.7 Å². The average Bonchev–Trinajstić information content (AvgIpc) is 2.45. The Morgan fingerprint density at radius 1 is 1.73 bits per heavy atom. The number of halogens is 1. The van der Waals surface area contributed by atoms with Crippen molar-refractivity contribution in [2.75, 3.05) is 6.54 Å². The van der Waals surface area contributed by atoms with E-state index in [-0.39, 0.29) is 6.10 Å². The molecule has 2 N–H and O–H groups in total. The lowest BCUT2D eigenvalue weighted by Gasteiger charge is -2.20. The van der Waals surface area contributed by atoms with E-state index in [1.807, 2.05) is 26.8 Å². The highest BCUT2D eigenvalue weighted by molar-refractivity contribution is 9.11. The number of nitrogens with one attached hydrogen (secondary N) is 2. The molecule has 1 unspecified atom stereocenters. The van der Waals surface area contributed by atoms with E-state index in [9.17, 15) is 4.79 Å². The summed E-state index contributed by atoms with van der Waals surface area (Å²) < 4.78 is 5.83. The van der Waals surface area contributed by atoms with Crippen molar-refractivity contribution in [2.45, 2.75) is 32.5 Å². The van der Waals surface area contributed by atoms with Crippen LogP contribution in [0.25, 0.3) is 0 Å². The number of hydroxylamine groups is 1. The molecule has 1 heterocycles. The molecule has 6 heteroatoms. The molecule has 0 aromatic heterocycles. The summed E-state index contributed by atoms with van der Waals surface area (Å²) in [5.74, 6) is 0. The molecule has 0 fully saturated rings. The summed E-state index contributed by atoms with van der Waals surface area (Å²) >= 11 is 3.22. The molecule has 1 aliphatic rings. The lowest BCUT2D eigenvalue weighted by atomic mass is 10.2. The minimum atomic E-state index is -0.477. The number of ether oxygens (including phenoxy) is 1. The second-order valence-electron chi connectivity index (χ2n) is 4.16. The average molecular weight is 279 g/mol. The Balaban J connectivity index is 2.23. The van der Waals surface area contributed by atoms with Crippen molar-refractivity contribution >= 4 is 22.0 Å². The predicted molar refractivity (Wildman–Crippen MR) is 59.3 cm³/mol. The van der Waals surface area contributed by atoms with Gasteiger partial charge in [-0.3, -0.25) is 10.3 Å². The van der Waals surface area contributed by atoms with Crippen LogP contribution in [0.15, 0.2) is 10.7 Å². The molecule has 0 aromatic rings. The van der Waals surface area contributed by atoms with Gasteiger partial charge in [-0.2, -0.15) is 0 Å². The van der Waals surface area contributed by atoms with E-state index in [0.29, 0.717) is 6.54 Å². The maximum atomic E-state index is 11.3. The zero-order valence-corrected chi connectivity index (χ0v) is 10.6. The van der Waals surface area contributed by atoms with Crippen molar-refractivity contribution in [3.05, 3.63) is 10.7 Å². The Bertz CT molecular complexity index is 273. The van der Waals surface area contributed by atoms with Gasteiger partial charge in [0.1, 0.15) is 16.3 Å². The van der Waals surface area contributed by atoms with E-state index < -0.39 is 11.7 Å². The molecule has 0 aliphatic carbocycles. The second kappa shape index (κ2) is 4.85. The molecule has 15 heavy (non-hydrogen) atoms. The van der Waals surface area contributed by atoms with E-state index >= 15 is 0 Å². The van der Waals surface area contributed by atoms with E-state index in [1.54, 1.807) is 0 Å². The van der Waals surface area contributed by atoms with Gasteiger partial charge in [0.25, 0.3) is 0 Å². The van der Waals surface area contributed by atoms with Crippen molar-refractivity contribution in [1.29, 1.82) is 0 Å². The summed E-state index contributed by atoms with van der Waals surface area (Å²) in [4.78, 5) is 16.3. The van der Waals surface area contributed by atoms with Crippen LogP contribution in [0.2, 0.25) is 0 Å². The van der Waals surface area contributed by atoms with Gasteiger partial charge in [-0.05, 0) is 42.8 Å². The molecule has 0 aromatic carbocycles. The quantitative estimate of drug-likeness (QED) is 0.755. The van der Waals surface area contributed by atoms with Gasteiger partial charge in [-0.15, -0.1) is 0 Å². The maximum absolute atomic E-state index is 11.3. The first kappa shape index (κ1) is 12.3. The van der Waals surface area contributed by atoms with Gasteiger partial charge < -0.3 is 10.1 Å². The fourth-order valence-corrected chi connectivity index (χ4v) is 1.35. The van der Waals surface area contributed by atoms with Crippen LogP contribution in [0.5, 0.6) is 0 Å². The van der Waals surface area contributed by atoms with Crippen LogP contribution in [-0.4, -0.2) is 24.3 Å². The lowest BCUT2D eigenvalue weighted by molar-refractivity contribution is 0.0329. The number of amides is 1. The minimum Gasteiger partial charge on any atom is -0.444 e. The van der Waals surface area contributed by atoms with Crippen LogP contribution >= 0.6 is 15.9 Å². The van der Waals surface area contributed by atoms with Gasteiger partial charge in [-0.1, -0.05) is 0 Å². The van der Waals surface area contributed by atoms with Gasteiger partial charge in [0.15, 0.2) is 0 Å². The number of carbonyl (C=O) groups excluding carboxylic acids is 1. The summed E-state index contributed by atoms with van der Waals surface area (Å²) in [7, 11) is 0. The first-order valence-electron chi connectivity index (χ1n) is 4.62. The monoisotopic (exact) mass is 278 g/mol. The molecular formula is C9H15BrN2O3. The molecule has 1 rings (SSSR count). The highest BCUT2D eigenvalue weighted by atomic mass is 79.9. The van der Waals surface area contributed by atoms with Crippen LogP contribution in [0.1, 0.15) is 20.8 Å². The van der Waals surface area contributed by atoms with Crippen LogP contribution < -0.4 is 10.8 Å². The molecule has 0 radical (unpaired) electrons. The topological polar surface area (TPSA) is 59.6 Å². The van der Waals surface area contributed by atoms with Crippen molar-refractivity contribution in [3.8, 4) is 0 Å². The van der Waals surface area contributed by atoms with Crippen LogP contribution in [-0.2, 0) is 9.57 Å². The number of hydrogen-bond acceptors (Lipinski definition) is 4. The Kier molecular flexibility index (Phi) is 3.98. The molecular weight excluding hydrogens is 264 g/mol. The van der Waals surface area contributed by atoms with Gasteiger partial charge in [0, 0.05) is 0 Å². The van der Waals surface area contributed by atoms with Gasteiger partial charge in [0.2, 0.25) is 0 Å². The Morgan fingerprint density at radius 2 is 2.40 bits per heavy atom. The molecule has 0 saturated heterocycles. The second-order valence-corrected chi connectivity index (χ2v) is 5.01. The summed E-state index contributed by atoms with van der Waals surface area (Å²) in [6.45, 7) is 5.82. The number of rotatable bonds is 2. The Morgan fingerprint density at radius 3 is 2.87 bits per heavy atom. The largest absolute Gasteiger partial charge is 0.444 e. The normalized spacial score (nSPS) is 20.5. The van der Waals surface area contributed by atoms with Gasteiger partial charge >= 0.3 is 6.09 Å². The first-order valence-corrected chi connectivity index (χ1v) is 5.42. The zero-order chi connectivity index (χ0) is 11.5. The molecule has 86 valence electrons. The highest BCUT2D eigenvalue weighted by Crippen LogP contribution is 2.11. The first-order chi connectivity index (χ1) is 6.87. The molecule has 0 bridgehead atoms. The SMILES string of the molecule is CC(C)(C)OC(=O)NCC1C=C(Br)NO1. The highest BCUT2D eigenvalue weighted by Gasteiger charge is 2.19. The molecule has 1 atom stereocenters. The molecule has 5 nitrogen and oxygen atoms in total. The standard InChI is InChI=1S/C9H15BrN2O3/c1-9(2,3)14-8(13)11-5-6-4-7(10)12-15-6/h4,6,12H,5H2,1-3H3,(H,11,13). The third-order valence-electron chi connectivity index (χ3n) is 1.49. The summed E-state index contributed by atoms with van der Waals surface area (Å²) in [6.07, 6.45) is 1.20. The van der Waals surface area contributed by atoms with E-state index in [0.717, 1.165) is 4.61 Å². The predicted octanol–water partition coefficient (Wildman–Crippen LogP) is 1.65. The summed E-state index contributed by atoms with van der Waals surface area (Å²) in [5, 5.41) is 2.61. The smallest absolute Gasteiger partial charge is 0.407 e.